The Hall–Kier alpha value is -3.02. The quantitative estimate of drug-likeness (QED) is 0.755. The predicted octanol–water partition coefficient (Wildman–Crippen LogP) is 3.64. The Kier molecular flexibility index (Phi) is 6.98. The maximum absolute atomic E-state index is 12.6. The maximum atomic E-state index is 12.6. The number of anilines is 1. The van der Waals surface area contributed by atoms with E-state index >= 15 is 0 Å². The van der Waals surface area contributed by atoms with Crippen LogP contribution in [0.2, 0.25) is 0 Å². The molecule has 0 radical (unpaired) electrons. The number of para-hydroxylation sites is 1. The van der Waals surface area contributed by atoms with Crippen molar-refractivity contribution in [2.75, 3.05) is 31.6 Å². The highest BCUT2D eigenvalue weighted by Gasteiger charge is 2.24. The topological polar surface area (TPSA) is 70.1 Å². The van der Waals surface area contributed by atoms with Crippen LogP contribution in [0.3, 0.4) is 0 Å². The number of aryl methyl sites for hydroxylation is 2. The SMILES string of the molecule is Cc1cccc(C)c1OCC(=O)N(C)Cc1cccc(N2CCC(C(=O)O)CC2)c1. The number of piperidine rings is 1. The van der Waals surface area contributed by atoms with Crippen LogP contribution in [0.4, 0.5) is 5.69 Å². The number of carbonyl (C=O) groups is 2. The molecule has 0 bridgehead atoms. The van der Waals surface area contributed by atoms with Gasteiger partial charge in [0.05, 0.1) is 5.92 Å². The molecular formula is C24H30N2O4. The summed E-state index contributed by atoms with van der Waals surface area (Å²) in [6, 6.07) is 14.0. The van der Waals surface area contributed by atoms with Crippen LogP contribution in [0.5, 0.6) is 5.75 Å². The Morgan fingerprint density at radius 1 is 1.10 bits per heavy atom. The van der Waals surface area contributed by atoms with Gasteiger partial charge in [-0.1, -0.05) is 30.3 Å². The average molecular weight is 411 g/mol. The van der Waals surface area contributed by atoms with Gasteiger partial charge in [-0.25, -0.2) is 0 Å². The van der Waals surface area contributed by atoms with E-state index in [-0.39, 0.29) is 18.4 Å². The largest absolute Gasteiger partial charge is 0.483 e. The van der Waals surface area contributed by atoms with Gasteiger partial charge in [0.2, 0.25) is 0 Å². The van der Waals surface area contributed by atoms with E-state index in [4.69, 9.17) is 4.74 Å². The number of likely N-dealkylation sites (N-methyl/N-ethyl adjacent to an activating group) is 1. The number of benzene rings is 2. The highest BCUT2D eigenvalue weighted by Crippen LogP contribution is 2.25. The molecule has 1 aliphatic rings. The molecule has 2 aromatic carbocycles. The number of ether oxygens (including phenoxy) is 1. The molecule has 0 aliphatic carbocycles. The molecular weight excluding hydrogens is 380 g/mol. The molecule has 1 N–H and O–H groups in total. The predicted molar refractivity (Wildman–Crippen MR) is 117 cm³/mol. The van der Waals surface area contributed by atoms with E-state index in [0.717, 1.165) is 41.2 Å². The van der Waals surface area contributed by atoms with Crippen molar-refractivity contribution in [3.05, 3.63) is 59.2 Å². The molecule has 2 aromatic rings. The molecule has 1 saturated heterocycles. The summed E-state index contributed by atoms with van der Waals surface area (Å²) in [6.45, 7) is 5.92. The lowest BCUT2D eigenvalue weighted by molar-refractivity contribution is -0.142. The van der Waals surface area contributed by atoms with E-state index in [1.54, 1.807) is 11.9 Å². The van der Waals surface area contributed by atoms with Gasteiger partial charge in [-0.15, -0.1) is 0 Å². The monoisotopic (exact) mass is 410 g/mol. The molecule has 160 valence electrons. The van der Waals surface area contributed by atoms with E-state index in [2.05, 4.69) is 11.0 Å². The third kappa shape index (κ3) is 5.32. The molecule has 1 amide bonds. The Bertz CT molecular complexity index is 884. The van der Waals surface area contributed by atoms with Gasteiger partial charge < -0.3 is 19.6 Å². The summed E-state index contributed by atoms with van der Waals surface area (Å²) >= 11 is 0. The van der Waals surface area contributed by atoms with Crippen molar-refractivity contribution < 1.29 is 19.4 Å². The first-order chi connectivity index (χ1) is 14.3. The fourth-order valence-electron chi connectivity index (χ4n) is 3.87. The first-order valence-electron chi connectivity index (χ1n) is 10.3. The zero-order valence-electron chi connectivity index (χ0n) is 17.9. The van der Waals surface area contributed by atoms with Crippen LogP contribution in [0, 0.1) is 19.8 Å². The van der Waals surface area contributed by atoms with Crippen molar-refractivity contribution >= 4 is 17.6 Å². The number of hydrogen-bond acceptors (Lipinski definition) is 4. The zero-order chi connectivity index (χ0) is 21.7. The summed E-state index contributed by atoms with van der Waals surface area (Å²) < 4.78 is 5.79. The van der Waals surface area contributed by atoms with Crippen LogP contribution >= 0.6 is 0 Å². The van der Waals surface area contributed by atoms with E-state index in [1.807, 2.05) is 50.2 Å². The molecule has 6 heteroatoms. The van der Waals surface area contributed by atoms with Gasteiger partial charge in [0.25, 0.3) is 5.91 Å². The van der Waals surface area contributed by atoms with E-state index in [9.17, 15) is 14.7 Å². The maximum Gasteiger partial charge on any atom is 0.306 e. The lowest BCUT2D eigenvalue weighted by atomic mass is 9.96. The molecule has 0 atom stereocenters. The minimum Gasteiger partial charge on any atom is -0.483 e. The van der Waals surface area contributed by atoms with Crippen LogP contribution < -0.4 is 9.64 Å². The Morgan fingerprint density at radius 3 is 2.37 bits per heavy atom. The molecule has 6 nitrogen and oxygen atoms in total. The summed E-state index contributed by atoms with van der Waals surface area (Å²) in [4.78, 5) is 27.6. The molecule has 0 spiro atoms. The number of amides is 1. The van der Waals surface area contributed by atoms with E-state index in [1.165, 1.54) is 0 Å². The van der Waals surface area contributed by atoms with Crippen molar-refractivity contribution in [3.8, 4) is 5.75 Å². The minimum absolute atomic E-state index is 0.00455. The number of nitrogens with zero attached hydrogens (tertiary/aromatic N) is 2. The smallest absolute Gasteiger partial charge is 0.306 e. The first-order valence-corrected chi connectivity index (χ1v) is 10.3. The zero-order valence-corrected chi connectivity index (χ0v) is 17.9. The Labute approximate surface area is 178 Å². The summed E-state index contributed by atoms with van der Waals surface area (Å²) in [5.74, 6) is -0.256. The summed E-state index contributed by atoms with van der Waals surface area (Å²) in [5, 5.41) is 9.17. The molecule has 0 aromatic heterocycles. The van der Waals surface area contributed by atoms with Crippen molar-refractivity contribution in [2.24, 2.45) is 5.92 Å². The lowest BCUT2D eigenvalue weighted by Gasteiger charge is -2.32. The standard InChI is InChI=1S/C24H30N2O4/c1-17-6-4-7-18(2)23(17)30-16-22(27)25(3)15-19-8-5-9-21(14-19)26-12-10-20(11-13-26)24(28)29/h4-9,14,20H,10-13,15-16H2,1-3H3,(H,28,29). The summed E-state index contributed by atoms with van der Waals surface area (Å²) in [6.07, 6.45) is 1.32. The number of carboxylic acid groups (broad SMARTS) is 1. The van der Waals surface area contributed by atoms with Crippen molar-refractivity contribution in [3.63, 3.8) is 0 Å². The van der Waals surface area contributed by atoms with Crippen LogP contribution in [-0.2, 0) is 16.1 Å². The van der Waals surface area contributed by atoms with Gasteiger partial charge in [0.1, 0.15) is 5.75 Å². The molecule has 1 fully saturated rings. The third-order valence-corrected chi connectivity index (χ3v) is 5.71. The highest BCUT2D eigenvalue weighted by molar-refractivity contribution is 5.77. The first kappa shape index (κ1) is 21.7. The normalized spacial score (nSPS) is 14.4. The molecule has 30 heavy (non-hydrogen) atoms. The van der Waals surface area contributed by atoms with Gasteiger partial charge in [0.15, 0.2) is 6.61 Å². The fraction of sp³-hybridized carbons (Fsp3) is 0.417. The van der Waals surface area contributed by atoms with Crippen molar-refractivity contribution in [1.82, 2.24) is 4.90 Å². The van der Waals surface area contributed by atoms with Gasteiger partial charge in [-0.05, 0) is 55.5 Å². The lowest BCUT2D eigenvalue weighted by Crippen LogP contribution is -2.36. The average Bonchev–Trinajstić information content (AvgIpc) is 2.73. The highest BCUT2D eigenvalue weighted by atomic mass is 16.5. The van der Waals surface area contributed by atoms with E-state index < -0.39 is 5.97 Å². The second-order valence-electron chi connectivity index (χ2n) is 8.03. The minimum atomic E-state index is -0.702. The number of hydrogen-bond donors (Lipinski definition) is 1. The van der Waals surface area contributed by atoms with E-state index in [0.29, 0.717) is 19.4 Å². The Balaban J connectivity index is 1.56. The Morgan fingerprint density at radius 2 is 1.73 bits per heavy atom. The van der Waals surface area contributed by atoms with Gasteiger partial charge in [-0.3, -0.25) is 9.59 Å². The van der Waals surface area contributed by atoms with Gasteiger partial charge in [-0.2, -0.15) is 0 Å². The third-order valence-electron chi connectivity index (χ3n) is 5.71. The van der Waals surface area contributed by atoms with Gasteiger partial charge >= 0.3 is 5.97 Å². The van der Waals surface area contributed by atoms with Crippen LogP contribution in [0.25, 0.3) is 0 Å². The molecule has 1 aliphatic heterocycles. The number of carboxylic acids is 1. The summed E-state index contributed by atoms with van der Waals surface area (Å²) in [7, 11) is 1.78. The second kappa shape index (κ2) is 9.65. The van der Waals surface area contributed by atoms with Crippen LogP contribution in [0.15, 0.2) is 42.5 Å². The summed E-state index contributed by atoms with van der Waals surface area (Å²) in [5.41, 5.74) is 4.15. The number of rotatable bonds is 7. The van der Waals surface area contributed by atoms with Crippen molar-refractivity contribution in [1.29, 1.82) is 0 Å². The number of carbonyl (C=O) groups excluding carboxylic acids is 1. The van der Waals surface area contributed by atoms with Crippen LogP contribution in [0.1, 0.15) is 29.5 Å². The number of aliphatic carboxylic acids is 1. The molecule has 0 unspecified atom stereocenters. The van der Waals surface area contributed by atoms with Gasteiger partial charge in [0, 0.05) is 32.4 Å². The second-order valence-corrected chi connectivity index (χ2v) is 8.03. The molecule has 3 rings (SSSR count). The van der Waals surface area contributed by atoms with Crippen LogP contribution in [-0.4, -0.2) is 48.6 Å². The molecule has 1 heterocycles. The fourth-order valence-corrected chi connectivity index (χ4v) is 3.87. The van der Waals surface area contributed by atoms with Crippen molar-refractivity contribution in [2.45, 2.75) is 33.2 Å². The molecule has 0 saturated carbocycles.